The molecule has 3 rings (SSSR count). The van der Waals surface area contributed by atoms with Crippen LogP contribution >= 0.6 is 23.2 Å². The summed E-state index contributed by atoms with van der Waals surface area (Å²) in [5.41, 5.74) is 1.78. The number of anilines is 1. The van der Waals surface area contributed by atoms with Gasteiger partial charge < -0.3 is 5.32 Å². The van der Waals surface area contributed by atoms with E-state index in [1.165, 1.54) is 5.56 Å². The zero-order valence-corrected chi connectivity index (χ0v) is 12.2. The Labute approximate surface area is 127 Å². The van der Waals surface area contributed by atoms with Gasteiger partial charge in [-0.1, -0.05) is 59.6 Å². The van der Waals surface area contributed by atoms with Crippen LogP contribution in [-0.2, 0) is 4.79 Å². The van der Waals surface area contributed by atoms with Crippen LogP contribution in [0.1, 0.15) is 17.9 Å². The normalized spacial score (nSPS) is 20.5. The summed E-state index contributed by atoms with van der Waals surface area (Å²) in [6, 6.07) is 15.3. The van der Waals surface area contributed by atoms with E-state index in [9.17, 15) is 4.79 Å². The summed E-state index contributed by atoms with van der Waals surface area (Å²) in [5.74, 6) is 0.338. The van der Waals surface area contributed by atoms with E-state index in [-0.39, 0.29) is 11.8 Å². The second-order valence-corrected chi connectivity index (χ2v) is 5.74. The molecule has 2 aromatic rings. The van der Waals surface area contributed by atoms with E-state index in [1.54, 1.807) is 18.2 Å². The minimum atomic E-state index is 0.00280. The number of nitrogens with one attached hydrogen (secondary N) is 1. The molecule has 1 amide bonds. The SMILES string of the molecule is O=C(Nc1cccc(Cl)c1Cl)[C@H]1C[C@@H]1c1ccccc1. The van der Waals surface area contributed by atoms with Crippen LogP contribution in [0.3, 0.4) is 0 Å². The average molecular weight is 306 g/mol. The lowest BCUT2D eigenvalue weighted by atomic mass is 10.1. The van der Waals surface area contributed by atoms with Crippen LogP contribution in [0, 0.1) is 5.92 Å². The molecule has 0 aromatic heterocycles. The maximum atomic E-state index is 12.2. The van der Waals surface area contributed by atoms with Gasteiger partial charge in [-0.15, -0.1) is 0 Å². The second-order valence-electron chi connectivity index (χ2n) is 4.95. The molecular formula is C16H13Cl2NO. The number of hydrogen-bond donors (Lipinski definition) is 1. The Balaban J connectivity index is 1.69. The lowest BCUT2D eigenvalue weighted by molar-refractivity contribution is -0.117. The standard InChI is InChI=1S/C16H13Cl2NO/c17-13-7-4-8-14(15(13)18)19-16(20)12-9-11(12)10-5-2-1-3-6-10/h1-8,11-12H,9H2,(H,19,20)/t11-,12+/m1/s1. The zero-order chi connectivity index (χ0) is 14.1. The zero-order valence-electron chi connectivity index (χ0n) is 10.6. The van der Waals surface area contributed by atoms with E-state index < -0.39 is 0 Å². The van der Waals surface area contributed by atoms with Crippen molar-refractivity contribution in [1.82, 2.24) is 0 Å². The Kier molecular flexibility index (Phi) is 3.68. The first-order valence-electron chi connectivity index (χ1n) is 6.46. The Hall–Kier alpha value is -1.51. The smallest absolute Gasteiger partial charge is 0.228 e. The summed E-state index contributed by atoms with van der Waals surface area (Å²) in [4.78, 5) is 12.2. The molecule has 0 radical (unpaired) electrons. The molecule has 20 heavy (non-hydrogen) atoms. The van der Waals surface area contributed by atoms with Crippen molar-refractivity contribution in [2.75, 3.05) is 5.32 Å². The van der Waals surface area contributed by atoms with Crippen molar-refractivity contribution in [2.24, 2.45) is 5.92 Å². The highest BCUT2D eigenvalue weighted by molar-refractivity contribution is 6.44. The minimum Gasteiger partial charge on any atom is -0.324 e. The molecule has 2 nitrogen and oxygen atoms in total. The molecule has 2 atom stereocenters. The van der Waals surface area contributed by atoms with Gasteiger partial charge in [0.1, 0.15) is 0 Å². The first kappa shape index (κ1) is 13.5. The van der Waals surface area contributed by atoms with E-state index in [2.05, 4.69) is 17.4 Å². The highest BCUT2D eigenvalue weighted by atomic mass is 35.5. The fourth-order valence-corrected chi connectivity index (χ4v) is 2.73. The third-order valence-electron chi connectivity index (χ3n) is 3.56. The molecule has 1 aliphatic rings. The maximum absolute atomic E-state index is 12.2. The summed E-state index contributed by atoms with van der Waals surface area (Å²) < 4.78 is 0. The van der Waals surface area contributed by atoms with Crippen molar-refractivity contribution in [3.63, 3.8) is 0 Å². The molecule has 4 heteroatoms. The van der Waals surface area contributed by atoms with Crippen LogP contribution in [0.5, 0.6) is 0 Å². The third-order valence-corrected chi connectivity index (χ3v) is 4.38. The van der Waals surface area contributed by atoms with E-state index in [0.29, 0.717) is 21.7 Å². The predicted molar refractivity (Wildman–Crippen MR) is 82.4 cm³/mol. The fourth-order valence-electron chi connectivity index (χ4n) is 2.38. The van der Waals surface area contributed by atoms with Gasteiger partial charge in [0.25, 0.3) is 0 Å². The summed E-state index contributed by atoms with van der Waals surface area (Å²) in [6.07, 6.45) is 0.883. The molecule has 2 aromatic carbocycles. The molecule has 0 heterocycles. The van der Waals surface area contributed by atoms with E-state index in [0.717, 1.165) is 6.42 Å². The predicted octanol–water partition coefficient (Wildman–Crippen LogP) is 4.74. The van der Waals surface area contributed by atoms with E-state index in [1.807, 2.05) is 18.2 Å². The van der Waals surface area contributed by atoms with E-state index in [4.69, 9.17) is 23.2 Å². The van der Waals surface area contributed by atoms with Gasteiger partial charge in [0.05, 0.1) is 15.7 Å². The molecule has 0 spiro atoms. The number of carbonyl (C=O) groups excluding carboxylic acids is 1. The number of amides is 1. The summed E-state index contributed by atoms with van der Waals surface area (Å²) in [5, 5.41) is 3.69. The van der Waals surface area contributed by atoms with Crippen LogP contribution in [0.25, 0.3) is 0 Å². The molecule has 0 saturated heterocycles. The van der Waals surface area contributed by atoms with Crippen LogP contribution in [0.4, 0.5) is 5.69 Å². The van der Waals surface area contributed by atoms with Gasteiger partial charge in [-0.3, -0.25) is 4.79 Å². The molecule has 1 saturated carbocycles. The summed E-state index contributed by atoms with van der Waals surface area (Å²) in [7, 11) is 0. The van der Waals surface area contributed by atoms with Gasteiger partial charge in [-0.2, -0.15) is 0 Å². The van der Waals surface area contributed by atoms with E-state index >= 15 is 0 Å². The van der Waals surface area contributed by atoms with Crippen LogP contribution in [-0.4, -0.2) is 5.91 Å². The molecule has 0 bridgehead atoms. The largest absolute Gasteiger partial charge is 0.324 e. The van der Waals surface area contributed by atoms with Crippen molar-refractivity contribution < 1.29 is 4.79 Å². The van der Waals surface area contributed by atoms with Gasteiger partial charge in [0.2, 0.25) is 5.91 Å². The fraction of sp³-hybridized carbons (Fsp3) is 0.188. The highest BCUT2D eigenvalue weighted by Gasteiger charge is 2.43. The number of carbonyl (C=O) groups is 1. The molecule has 0 aliphatic heterocycles. The van der Waals surface area contributed by atoms with Crippen molar-refractivity contribution in [1.29, 1.82) is 0 Å². The van der Waals surface area contributed by atoms with Crippen LogP contribution in [0.2, 0.25) is 10.0 Å². The lowest BCUT2D eigenvalue weighted by Gasteiger charge is -2.08. The van der Waals surface area contributed by atoms with Crippen molar-refractivity contribution >= 4 is 34.8 Å². The van der Waals surface area contributed by atoms with Gasteiger partial charge in [-0.25, -0.2) is 0 Å². The summed E-state index contributed by atoms with van der Waals surface area (Å²) >= 11 is 12.0. The Morgan fingerprint density at radius 3 is 2.55 bits per heavy atom. The molecule has 1 fully saturated rings. The van der Waals surface area contributed by atoms with Crippen LogP contribution < -0.4 is 5.32 Å². The van der Waals surface area contributed by atoms with Gasteiger partial charge in [0, 0.05) is 5.92 Å². The molecule has 1 aliphatic carbocycles. The van der Waals surface area contributed by atoms with Crippen molar-refractivity contribution in [3.8, 4) is 0 Å². The van der Waals surface area contributed by atoms with Gasteiger partial charge in [-0.05, 0) is 30.0 Å². The Morgan fingerprint density at radius 2 is 1.80 bits per heavy atom. The highest BCUT2D eigenvalue weighted by Crippen LogP contribution is 2.48. The van der Waals surface area contributed by atoms with Crippen LogP contribution in [0.15, 0.2) is 48.5 Å². The monoisotopic (exact) mass is 305 g/mol. The van der Waals surface area contributed by atoms with Crippen molar-refractivity contribution in [2.45, 2.75) is 12.3 Å². The van der Waals surface area contributed by atoms with Gasteiger partial charge in [0.15, 0.2) is 0 Å². The number of halogens is 2. The number of hydrogen-bond acceptors (Lipinski definition) is 1. The molecule has 1 N–H and O–H groups in total. The molecular weight excluding hydrogens is 293 g/mol. The minimum absolute atomic E-state index is 0.00280. The van der Waals surface area contributed by atoms with Crippen molar-refractivity contribution in [3.05, 3.63) is 64.1 Å². The Morgan fingerprint density at radius 1 is 1.05 bits per heavy atom. The summed E-state index contributed by atoms with van der Waals surface area (Å²) in [6.45, 7) is 0. The third kappa shape index (κ3) is 2.67. The lowest BCUT2D eigenvalue weighted by Crippen LogP contribution is -2.14. The maximum Gasteiger partial charge on any atom is 0.228 e. The quantitative estimate of drug-likeness (QED) is 0.872. The molecule has 102 valence electrons. The topological polar surface area (TPSA) is 29.1 Å². The first-order valence-corrected chi connectivity index (χ1v) is 7.22. The number of rotatable bonds is 3. The van der Waals surface area contributed by atoms with Gasteiger partial charge >= 0.3 is 0 Å². The average Bonchev–Trinajstić information content (AvgIpc) is 3.25. The Bertz CT molecular complexity index is 642. The number of benzene rings is 2. The second kappa shape index (κ2) is 5.47. The molecule has 0 unspecified atom stereocenters. The first-order chi connectivity index (χ1) is 9.66.